The third-order valence-corrected chi connectivity index (χ3v) is 3.91. The van der Waals surface area contributed by atoms with E-state index in [1.165, 1.54) is 0 Å². The Labute approximate surface area is 115 Å². The largest absolute Gasteiger partial charge is 0.294 e. The van der Waals surface area contributed by atoms with Gasteiger partial charge in [-0.3, -0.25) is 14.7 Å². The second kappa shape index (κ2) is 5.05. The van der Waals surface area contributed by atoms with Gasteiger partial charge in [-0.05, 0) is 12.5 Å². The third-order valence-electron chi connectivity index (χ3n) is 2.96. The molecule has 1 N–H and O–H groups in total. The van der Waals surface area contributed by atoms with E-state index in [0.29, 0.717) is 12.4 Å². The van der Waals surface area contributed by atoms with E-state index in [-0.39, 0.29) is 5.91 Å². The van der Waals surface area contributed by atoms with Gasteiger partial charge in [-0.25, -0.2) is 0 Å². The van der Waals surface area contributed by atoms with Crippen molar-refractivity contribution in [2.45, 2.75) is 25.0 Å². The van der Waals surface area contributed by atoms with Gasteiger partial charge in [0, 0.05) is 12.3 Å². The lowest BCUT2D eigenvalue weighted by Crippen LogP contribution is -2.17. The first-order chi connectivity index (χ1) is 9.22. The number of nitrogens with one attached hydrogen (secondary N) is 1. The van der Waals surface area contributed by atoms with Gasteiger partial charge in [-0.2, -0.15) is 0 Å². The number of carbonyl (C=O) groups excluding carboxylic acids is 1. The first-order valence-corrected chi connectivity index (χ1v) is 7.12. The first kappa shape index (κ1) is 12.2. The number of hydrogen-bond acceptors (Lipinski definition) is 4. The van der Waals surface area contributed by atoms with Crippen LogP contribution in [0.1, 0.15) is 11.1 Å². The zero-order valence-corrected chi connectivity index (χ0v) is 11.4. The second-order valence-electron chi connectivity index (χ2n) is 4.52. The fourth-order valence-electron chi connectivity index (χ4n) is 2.09. The maximum atomic E-state index is 12.0. The van der Waals surface area contributed by atoms with Crippen LogP contribution in [0.4, 0.5) is 5.95 Å². The molecule has 2 heterocycles. The summed E-state index contributed by atoms with van der Waals surface area (Å²) < 4.78 is 1.94. The van der Waals surface area contributed by atoms with Crippen LogP contribution in [-0.2, 0) is 17.8 Å². The summed E-state index contributed by atoms with van der Waals surface area (Å²) in [6.07, 6.45) is 0.358. The van der Waals surface area contributed by atoms with Crippen molar-refractivity contribution in [1.29, 1.82) is 0 Å². The van der Waals surface area contributed by atoms with Gasteiger partial charge in [0.1, 0.15) is 0 Å². The van der Waals surface area contributed by atoms with Crippen molar-refractivity contribution in [3.05, 3.63) is 35.4 Å². The quantitative estimate of drug-likeness (QED) is 0.928. The average molecular weight is 274 g/mol. The molecule has 1 aromatic heterocycles. The number of fused-ring (bicyclic) bond motifs is 1. The topological polar surface area (TPSA) is 59.8 Å². The number of benzene rings is 1. The van der Waals surface area contributed by atoms with Gasteiger partial charge in [0.2, 0.25) is 11.9 Å². The Balaban J connectivity index is 1.68. The Hall–Kier alpha value is -1.82. The van der Waals surface area contributed by atoms with Crippen LogP contribution in [0.5, 0.6) is 0 Å². The SMILES string of the molecule is Cc1cccc(CC(=O)Nc2nnc3n2CCS3)c1. The van der Waals surface area contributed by atoms with Crippen molar-refractivity contribution >= 4 is 23.6 Å². The highest BCUT2D eigenvalue weighted by Gasteiger charge is 2.19. The van der Waals surface area contributed by atoms with Gasteiger partial charge in [0.15, 0.2) is 5.16 Å². The second-order valence-corrected chi connectivity index (χ2v) is 5.58. The van der Waals surface area contributed by atoms with Crippen LogP contribution >= 0.6 is 11.8 Å². The summed E-state index contributed by atoms with van der Waals surface area (Å²) in [5, 5.41) is 11.7. The van der Waals surface area contributed by atoms with Crippen molar-refractivity contribution in [2.75, 3.05) is 11.1 Å². The molecule has 0 saturated carbocycles. The molecule has 1 aliphatic rings. The van der Waals surface area contributed by atoms with E-state index in [1.807, 2.05) is 35.8 Å². The van der Waals surface area contributed by atoms with Gasteiger partial charge in [-0.1, -0.05) is 41.6 Å². The van der Waals surface area contributed by atoms with Crippen LogP contribution in [0.25, 0.3) is 0 Å². The molecule has 1 aromatic carbocycles. The van der Waals surface area contributed by atoms with E-state index in [1.54, 1.807) is 11.8 Å². The predicted octanol–water partition coefficient (Wildman–Crippen LogP) is 1.87. The molecule has 0 saturated heterocycles. The molecule has 0 spiro atoms. The number of carbonyl (C=O) groups is 1. The van der Waals surface area contributed by atoms with Crippen LogP contribution in [-0.4, -0.2) is 26.4 Å². The smallest absolute Gasteiger partial charge is 0.231 e. The molecule has 0 atom stereocenters. The van der Waals surface area contributed by atoms with Crippen LogP contribution in [0.3, 0.4) is 0 Å². The first-order valence-electron chi connectivity index (χ1n) is 6.14. The van der Waals surface area contributed by atoms with Crippen LogP contribution in [0.2, 0.25) is 0 Å². The summed E-state index contributed by atoms with van der Waals surface area (Å²) in [4.78, 5) is 12.0. The minimum Gasteiger partial charge on any atom is -0.294 e. The highest BCUT2D eigenvalue weighted by Crippen LogP contribution is 2.26. The Bertz CT molecular complexity index is 623. The summed E-state index contributed by atoms with van der Waals surface area (Å²) in [5.41, 5.74) is 2.16. The maximum Gasteiger partial charge on any atom is 0.231 e. The van der Waals surface area contributed by atoms with Crippen molar-refractivity contribution in [3.8, 4) is 0 Å². The van der Waals surface area contributed by atoms with Gasteiger partial charge < -0.3 is 0 Å². The Morgan fingerprint density at radius 2 is 2.37 bits per heavy atom. The van der Waals surface area contributed by atoms with E-state index >= 15 is 0 Å². The zero-order valence-electron chi connectivity index (χ0n) is 10.6. The minimum atomic E-state index is -0.0577. The molecule has 98 valence electrons. The number of nitrogens with zero attached hydrogens (tertiary/aromatic N) is 3. The number of amides is 1. The van der Waals surface area contributed by atoms with E-state index in [4.69, 9.17) is 0 Å². The van der Waals surface area contributed by atoms with E-state index < -0.39 is 0 Å². The molecule has 1 aliphatic heterocycles. The van der Waals surface area contributed by atoms with Crippen molar-refractivity contribution in [3.63, 3.8) is 0 Å². The van der Waals surface area contributed by atoms with Crippen LogP contribution in [0.15, 0.2) is 29.4 Å². The molecule has 0 radical (unpaired) electrons. The average Bonchev–Trinajstić information content (AvgIpc) is 2.94. The van der Waals surface area contributed by atoms with Crippen molar-refractivity contribution in [1.82, 2.24) is 14.8 Å². The van der Waals surface area contributed by atoms with E-state index in [0.717, 1.165) is 28.6 Å². The molecular formula is C13H14N4OS. The lowest BCUT2D eigenvalue weighted by atomic mass is 10.1. The maximum absolute atomic E-state index is 12.0. The Morgan fingerprint density at radius 3 is 3.21 bits per heavy atom. The molecule has 1 amide bonds. The molecule has 0 bridgehead atoms. The monoisotopic (exact) mass is 274 g/mol. The molecule has 19 heavy (non-hydrogen) atoms. The fraction of sp³-hybridized carbons (Fsp3) is 0.308. The summed E-state index contributed by atoms with van der Waals surface area (Å²) in [6, 6.07) is 7.95. The zero-order chi connectivity index (χ0) is 13.2. The lowest BCUT2D eigenvalue weighted by molar-refractivity contribution is -0.115. The predicted molar refractivity (Wildman–Crippen MR) is 74.3 cm³/mol. The molecule has 3 rings (SSSR count). The summed E-state index contributed by atoms with van der Waals surface area (Å²) in [6.45, 7) is 2.87. The van der Waals surface area contributed by atoms with Gasteiger partial charge in [0.25, 0.3) is 0 Å². The van der Waals surface area contributed by atoms with Crippen LogP contribution in [0, 0.1) is 6.92 Å². The van der Waals surface area contributed by atoms with Gasteiger partial charge >= 0.3 is 0 Å². The lowest BCUT2D eigenvalue weighted by Gasteiger charge is -2.05. The molecular weight excluding hydrogens is 260 g/mol. The molecule has 5 nitrogen and oxygen atoms in total. The number of rotatable bonds is 3. The van der Waals surface area contributed by atoms with E-state index in [2.05, 4.69) is 15.5 Å². The summed E-state index contributed by atoms with van der Waals surface area (Å²) in [7, 11) is 0. The highest BCUT2D eigenvalue weighted by atomic mass is 32.2. The molecule has 2 aromatic rings. The number of aromatic nitrogens is 3. The third kappa shape index (κ3) is 2.63. The number of aryl methyl sites for hydroxylation is 1. The molecule has 0 aliphatic carbocycles. The normalized spacial score (nSPS) is 13.3. The van der Waals surface area contributed by atoms with Crippen LogP contribution < -0.4 is 5.32 Å². The summed E-state index contributed by atoms with van der Waals surface area (Å²) in [5.74, 6) is 1.49. The Morgan fingerprint density at radius 1 is 1.47 bits per heavy atom. The molecule has 6 heteroatoms. The van der Waals surface area contributed by atoms with Gasteiger partial charge in [0.05, 0.1) is 6.42 Å². The number of hydrogen-bond donors (Lipinski definition) is 1. The minimum absolute atomic E-state index is 0.0577. The number of anilines is 1. The highest BCUT2D eigenvalue weighted by molar-refractivity contribution is 7.99. The Kier molecular flexibility index (Phi) is 3.25. The van der Waals surface area contributed by atoms with Crippen molar-refractivity contribution in [2.24, 2.45) is 0 Å². The van der Waals surface area contributed by atoms with Crippen molar-refractivity contribution < 1.29 is 4.79 Å². The number of thioether (sulfide) groups is 1. The molecule has 0 unspecified atom stereocenters. The summed E-state index contributed by atoms with van der Waals surface area (Å²) >= 11 is 1.66. The standard InChI is InChI=1S/C13H14N4OS/c1-9-3-2-4-10(7-9)8-11(18)14-12-15-16-13-17(12)5-6-19-13/h2-4,7H,5-6,8H2,1H3,(H,14,15,18). The van der Waals surface area contributed by atoms with Gasteiger partial charge in [-0.15, -0.1) is 10.2 Å². The molecule has 0 fully saturated rings. The van der Waals surface area contributed by atoms with E-state index in [9.17, 15) is 4.79 Å². The fourth-order valence-corrected chi connectivity index (χ4v) is 2.98.